The Kier molecular flexibility index (Phi) is 3.91. The summed E-state index contributed by atoms with van der Waals surface area (Å²) in [7, 11) is -1.54. The first-order valence-corrected chi connectivity index (χ1v) is 9.57. The third-order valence-corrected chi connectivity index (χ3v) is 6.75. The van der Waals surface area contributed by atoms with Crippen LogP contribution in [0.5, 0.6) is 0 Å². The van der Waals surface area contributed by atoms with E-state index >= 15 is 0 Å². The third kappa shape index (κ3) is 3.03. The highest BCUT2D eigenvalue weighted by molar-refractivity contribution is 7.26. The summed E-state index contributed by atoms with van der Waals surface area (Å²) in [5, 5.41) is 0.913. The van der Waals surface area contributed by atoms with E-state index in [0.29, 0.717) is 18.0 Å². The summed E-state index contributed by atoms with van der Waals surface area (Å²) in [6.07, 6.45) is 0.705. The van der Waals surface area contributed by atoms with Crippen LogP contribution in [-0.2, 0) is 6.42 Å². The molecule has 6 heteroatoms. The summed E-state index contributed by atoms with van der Waals surface area (Å²) in [5.41, 5.74) is 5.77. The Bertz CT molecular complexity index is 373. The number of primary amides is 1. The van der Waals surface area contributed by atoms with Crippen LogP contribution >= 0.6 is 22.9 Å². The van der Waals surface area contributed by atoms with Crippen LogP contribution in [0.1, 0.15) is 15.5 Å². The Balaban J connectivity index is 3.18. The van der Waals surface area contributed by atoms with E-state index in [9.17, 15) is 4.79 Å². The second-order valence-electron chi connectivity index (χ2n) is 4.34. The van der Waals surface area contributed by atoms with E-state index in [1.807, 2.05) is 0 Å². The Hall–Kier alpha value is -0.393. The SMILES string of the molecule is C[Si](C)(C)c1sc(CCCl)nc1C(N)=O. The Morgan fingerprint density at radius 2 is 2.13 bits per heavy atom. The van der Waals surface area contributed by atoms with Gasteiger partial charge < -0.3 is 5.73 Å². The van der Waals surface area contributed by atoms with E-state index in [1.165, 1.54) is 0 Å². The summed E-state index contributed by atoms with van der Waals surface area (Å²) in [6, 6.07) is 0. The minimum Gasteiger partial charge on any atom is -0.364 e. The van der Waals surface area contributed by atoms with Crippen LogP contribution in [0.3, 0.4) is 0 Å². The summed E-state index contributed by atoms with van der Waals surface area (Å²) >= 11 is 7.24. The van der Waals surface area contributed by atoms with Crippen molar-refractivity contribution in [2.24, 2.45) is 5.73 Å². The molecule has 0 atom stereocenters. The predicted octanol–water partition coefficient (Wildman–Crippen LogP) is 1.57. The van der Waals surface area contributed by atoms with Crippen molar-refractivity contribution in [2.75, 3.05) is 5.88 Å². The van der Waals surface area contributed by atoms with Crippen molar-refractivity contribution >= 4 is 41.4 Å². The summed E-state index contributed by atoms with van der Waals surface area (Å²) in [4.78, 5) is 15.5. The topological polar surface area (TPSA) is 56.0 Å². The van der Waals surface area contributed by atoms with Gasteiger partial charge in [0.1, 0.15) is 5.69 Å². The highest BCUT2D eigenvalue weighted by atomic mass is 35.5. The standard InChI is InChI=1S/C9H15ClN2OSSi/c1-15(2,3)9-7(8(11)13)12-6(14-9)4-5-10/h4-5H2,1-3H3,(H2,11,13). The van der Waals surface area contributed by atoms with Crippen LogP contribution in [0.2, 0.25) is 19.6 Å². The van der Waals surface area contributed by atoms with Gasteiger partial charge in [-0.3, -0.25) is 4.79 Å². The van der Waals surface area contributed by atoms with Crippen molar-refractivity contribution in [3.05, 3.63) is 10.7 Å². The smallest absolute Gasteiger partial charge is 0.268 e. The molecule has 0 aliphatic carbocycles. The Morgan fingerprint density at radius 3 is 2.47 bits per heavy atom. The lowest BCUT2D eigenvalue weighted by atomic mass is 10.4. The van der Waals surface area contributed by atoms with Gasteiger partial charge in [-0.05, 0) is 0 Å². The number of alkyl halides is 1. The molecule has 0 unspecified atom stereocenters. The van der Waals surface area contributed by atoms with Gasteiger partial charge in [-0.2, -0.15) is 0 Å². The number of aryl methyl sites for hydroxylation is 1. The zero-order valence-electron chi connectivity index (χ0n) is 9.13. The van der Waals surface area contributed by atoms with E-state index in [2.05, 4.69) is 24.6 Å². The normalized spacial score (nSPS) is 11.7. The monoisotopic (exact) mass is 262 g/mol. The molecule has 15 heavy (non-hydrogen) atoms. The first-order chi connectivity index (χ1) is 6.86. The minimum atomic E-state index is -1.54. The van der Waals surface area contributed by atoms with Crippen molar-refractivity contribution in [1.82, 2.24) is 4.98 Å². The molecular formula is C9H15ClN2OSSi. The minimum absolute atomic E-state index is 0.426. The maximum atomic E-state index is 11.2. The summed E-state index contributed by atoms with van der Waals surface area (Å²) < 4.78 is 1.08. The number of amides is 1. The molecule has 3 nitrogen and oxygen atoms in total. The number of rotatable bonds is 4. The van der Waals surface area contributed by atoms with Gasteiger partial charge in [0.15, 0.2) is 0 Å². The van der Waals surface area contributed by atoms with Crippen LogP contribution in [0.15, 0.2) is 0 Å². The molecule has 1 aromatic heterocycles. The molecule has 2 N–H and O–H groups in total. The van der Waals surface area contributed by atoms with Crippen LogP contribution in [0.25, 0.3) is 0 Å². The van der Waals surface area contributed by atoms with Gasteiger partial charge in [-0.15, -0.1) is 22.9 Å². The molecule has 84 valence electrons. The van der Waals surface area contributed by atoms with Gasteiger partial charge >= 0.3 is 0 Å². The first kappa shape index (κ1) is 12.7. The predicted molar refractivity (Wildman–Crippen MR) is 68.0 cm³/mol. The van der Waals surface area contributed by atoms with E-state index in [1.54, 1.807) is 11.3 Å². The number of halogens is 1. The van der Waals surface area contributed by atoms with Crippen molar-refractivity contribution < 1.29 is 4.79 Å². The molecular weight excluding hydrogens is 248 g/mol. The van der Waals surface area contributed by atoms with Gasteiger partial charge in [-0.1, -0.05) is 19.6 Å². The molecule has 0 saturated heterocycles. The fraction of sp³-hybridized carbons (Fsp3) is 0.556. The average molecular weight is 263 g/mol. The lowest BCUT2D eigenvalue weighted by molar-refractivity contribution is 0.0997. The molecule has 1 amide bonds. The quantitative estimate of drug-likeness (QED) is 0.662. The van der Waals surface area contributed by atoms with Gasteiger partial charge in [-0.25, -0.2) is 4.98 Å². The highest BCUT2D eigenvalue weighted by Gasteiger charge is 2.27. The maximum absolute atomic E-state index is 11.2. The fourth-order valence-electron chi connectivity index (χ4n) is 1.23. The molecule has 0 fully saturated rings. The zero-order valence-corrected chi connectivity index (χ0v) is 11.7. The van der Waals surface area contributed by atoms with Gasteiger partial charge in [0, 0.05) is 16.8 Å². The van der Waals surface area contributed by atoms with Crippen LogP contribution in [-0.4, -0.2) is 24.8 Å². The summed E-state index contributed by atoms with van der Waals surface area (Å²) in [6.45, 7) is 6.53. The molecule has 0 aliphatic heterocycles. The molecule has 0 spiro atoms. The van der Waals surface area contributed by atoms with Crippen LogP contribution in [0.4, 0.5) is 0 Å². The number of hydrogen-bond donors (Lipinski definition) is 1. The third-order valence-electron chi connectivity index (χ3n) is 1.89. The Labute approximate surface area is 99.7 Å². The number of aromatic nitrogens is 1. The van der Waals surface area contributed by atoms with E-state index in [4.69, 9.17) is 17.3 Å². The van der Waals surface area contributed by atoms with Crippen molar-refractivity contribution in [3.63, 3.8) is 0 Å². The lowest BCUT2D eigenvalue weighted by Gasteiger charge is -2.13. The van der Waals surface area contributed by atoms with E-state index in [0.717, 1.165) is 9.51 Å². The number of carbonyl (C=O) groups excluding carboxylic acids is 1. The average Bonchev–Trinajstić information content (AvgIpc) is 2.48. The van der Waals surface area contributed by atoms with Crippen molar-refractivity contribution in [1.29, 1.82) is 0 Å². The molecule has 0 aromatic carbocycles. The molecule has 0 radical (unpaired) electrons. The largest absolute Gasteiger partial charge is 0.364 e. The van der Waals surface area contributed by atoms with E-state index < -0.39 is 14.0 Å². The molecule has 1 heterocycles. The molecule has 1 rings (SSSR count). The molecule has 1 aromatic rings. The zero-order chi connectivity index (χ0) is 11.6. The molecule has 0 saturated carbocycles. The summed E-state index contributed by atoms with van der Waals surface area (Å²) in [5.74, 6) is 0.0983. The Morgan fingerprint density at radius 1 is 1.53 bits per heavy atom. The highest BCUT2D eigenvalue weighted by Crippen LogP contribution is 2.15. The van der Waals surface area contributed by atoms with E-state index in [-0.39, 0.29) is 0 Å². The molecule has 0 aliphatic rings. The number of carbonyl (C=O) groups is 1. The number of nitrogens with two attached hydrogens (primary N) is 1. The fourth-order valence-corrected chi connectivity index (χ4v) is 4.81. The number of thiazole rings is 1. The number of nitrogens with zero attached hydrogens (tertiary/aromatic N) is 1. The second-order valence-corrected chi connectivity index (χ2v) is 11.2. The van der Waals surface area contributed by atoms with Crippen molar-refractivity contribution in [2.45, 2.75) is 26.1 Å². The van der Waals surface area contributed by atoms with Crippen molar-refractivity contribution in [3.8, 4) is 0 Å². The van der Waals surface area contributed by atoms with Gasteiger partial charge in [0.25, 0.3) is 5.91 Å². The second kappa shape index (κ2) is 4.63. The number of hydrogen-bond acceptors (Lipinski definition) is 3. The van der Waals surface area contributed by atoms with Crippen LogP contribution in [0, 0.1) is 0 Å². The molecule has 0 bridgehead atoms. The van der Waals surface area contributed by atoms with Gasteiger partial charge in [0.2, 0.25) is 0 Å². The first-order valence-electron chi connectivity index (χ1n) is 4.72. The van der Waals surface area contributed by atoms with Gasteiger partial charge in [0.05, 0.1) is 13.1 Å². The van der Waals surface area contributed by atoms with Crippen LogP contribution < -0.4 is 10.2 Å². The lowest BCUT2D eigenvalue weighted by Crippen LogP contribution is -2.40. The maximum Gasteiger partial charge on any atom is 0.268 e.